The summed E-state index contributed by atoms with van der Waals surface area (Å²) in [6.07, 6.45) is 2.94. The second kappa shape index (κ2) is 2.72. The maximum Gasteiger partial charge on any atom is 0.196 e. The zero-order chi connectivity index (χ0) is 8.48. The van der Waals surface area contributed by atoms with Crippen molar-refractivity contribution < 1.29 is 14.1 Å². The maximum atomic E-state index is 10.9. The molecule has 0 radical (unpaired) electrons. The molecule has 1 aromatic rings. The van der Waals surface area contributed by atoms with Crippen LogP contribution >= 0.6 is 7.37 Å². The Morgan fingerprint density at radius 1 is 1.73 bits per heavy atom. The topological polar surface area (TPSA) is 56.9 Å². The van der Waals surface area contributed by atoms with Gasteiger partial charge in [-0.3, -0.25) is 0 Å². The van der Waals surface area contributed by atoms with Gasteiger partial charge in [0.25, 0.3) is 0 Å². The van der Waals surface area contributed by atoms with Crippen molar-refractivity contribution in [1.82, 2.24) is 5.10 Å². The van der Waals surface area contributed by atoms with Gasteiger partial charge in [0.1, 0.15) is 6.20 Å². The molecule has 5 heteroatoms. The van der Waals surface area contributed by atoms with E-state index in [0.717, 1.165) is 0 Å². The molecule has 0 aromatic carbocycles. The minimum atomic E-state index is -3.36. The van der Waals surface area contributed by atoms with E-state index in [0.29, 0.717) is 0 Å². The monoisotopic (exact) mass is 172 g/mol. The summed E-state index contributed by atoms with van der Waals surface area (Å²) >= 11 is 0. The van der Waals surface area contributed by atoms with Gasteiger partial charge in [-0.05, 0) is 11.8 Å². The van der Waals surface area contributed by atoms with E-state index in [4.69, 9.17) is 0 Å². The first-order valence-corrected chi connectivity index (χ1v) is 5.18. The summed E-state index contributed by atoms with van der Waals surface area (Å²) in [6, 6.07) is 1.53. The molecule has 0 spiro atoms. The Morgan fingerprint density at radius 3 is 2.73 bits per heavy atom. The average molecular weight is 172 g/mol. The van der Waals surface area contributed by atoms with E-state index in [1.54, 1.807) is 17.9 Å². The smallest absolute Gasteiger partial charge is 0.196 e. The Balaban J connectivity index is 3.09. The molecule has 1 atom stereocenters. The van der Waals surface area contributed by atoms with Crippen molar-refractivity contribution in [1.29, 1.82) is 0 Å². The lowest BCUT2D eigenvalue weighted by Crippen LogP contribution is -2.34. The lowest BCUT2D eigenvalue weighted by atomic mass is 10.6. The summed E-state index contributed by atoms with van der Waals surface area (Å²) in [4.78, 5) is 10.9. The Labute approximate surface area is 64.9 Å². The molecule has 0 aliphatic heterocycles. The molecule has 0 aliphatic rings. The lowest BCUT2D eigenvalue weighted by molar-refractivity contribution is -0.730. The third-order valence-corrected chi connectivity index (χ3v) is 2.50. The lowest BCUT2D eigenvalue weighted by Gasteiger charge is -2.15. The molecule has 1 unspecified atom stereocenters. The molecule has 0 fully saturated rings. The minimum Gasteiger partial charge on any atom is -0.796 e. The quantitative estimate of drug-likeness (QED) is 0.395. The van der Waals surface area contributed by atoms with Gasteiger partial charge in [-0.25, -0.2) is 0 Å². The second-order valence-corrected chi connectivity index (χ2v) is 4.61. The van der Waals surface area contributed by atoms with Crippen molar-refractivity contribution >= 4 is 12.7 Å². The highest BCUT2D eigenvalue weighted by molar-refractivity contribution is 7.63. The normalized spacial score (nSPS) is 15.9. The molecular weight excluding hydrogens is 163 g/mol. The van der Waals surface area contributed by atoms with Crippen molar-refractivity contribution in [2.75, 3.05) is 6.66 Å². The molecule has 60 valence electrons. The summed E-state index contributed by atoms with van der Waals surface area (Å²) < 4.78 is 12.5. The molecule has 0 saturated carbocycles. The molecule has 1 aromatic heterocycles. The van der Waals surface area contributed by atoms with Crippen molar-refractivity contribution in [2.24, 2.45) is 7.05 Å². The molecule has 0 bridgehead atoms. The van der Waals surface area contributed by atoms with E-state index >= 15 is 0 Å². The Morgan fingerprint density at radius 2 is 2.36 bits per heavy atom. The minimum absolute atomic E-state index is 0.274. The third-order valence-electron chi connectivity index (χ3n) is 1.30. The number of hydrogen-bond acceptors (Lipinski definition) is 3. The molecule has 0 N–H and O–H groups in total. The zero-order valence-electron chi connectivity index (χ0n) is 6.39. The van der Waals surface area contributed by atoms with Gasteiger partial charge < -0.3 is 9.46 Å². The van der Waals surface area contributed by atoms with Crippen LogP contribution in [0.4, 0.5) is 0 Å². The third kappa shape index (κ3) is 2.10. The van der Waals surface area contributed by atoms with Crippen LogP contribution in [0.2, 0.25) is 0 Å². The first-order valence-electron chi connectivity index (χ1n) is 3.11. The molecule has 1 heterocycles. The van der Waals surface area contributed by atoms with Crippen LogP contribution < -0.4 is 14.9 Å². The van der Waals surface area contributed by atoms with Crippen molar-refractivity contribution in [3.63, 3.8) is 0 Å². The van der Waals surface area contributed by atoms with Crippen LogP contribution in [-0.2, 0) is 11.6 Å². The predicted molar refractivity (Wildman–Crippen MR) is 38.6 cm³/mol. The molecule has 0 saturated heterocycles. The average Bonchev–Trinajstić information content (AvgIpc) is 1.86. The first kappa shape index (κ1) is 8.37. The molecule has 11 heavy (non-hydrogen) atoms. The van der Waals surface area contributed by atoms with Gasteiger partial charge in [0.05, 0.1) is 0 Å². The Bertz CT molecular complexity index is 290. The van der Waals surface area contributed by atoms with Gasteiger partial charge in [0.2, 0.25) is 0 Å². The van der Waals surface area contributed by atoms with E-state index in [9.17, 15) is 9.46 Å². The van der Waals surface area contributed by atoms with Gasteiger partial charge in [-0.1, -0.05) is 4.68 Å². The largest absolute Gasteiger partial charge is 0.796 e. The predicted octanol–water partition coefficient (Wildman–Crippen LogP) is -1.20. The Kier molecular flexibility index (Phi) is 2.07. The van der Waals surface area contributed by atoms with E-state index in [-0.39, 0.29) is 5.30 Å². The first-order chi connectivity index (χ1) is 5.00. The van der Waals surface area contributed by atoms with E-state index in [2.05, 4.69) is 5.10 Å². The highest BCUT2D eigenvalue weighted by Gasteiger charge is 2.05. The highest BCUT2D eigenvalue weighted by atomic mass is 31.2. The molecule has 1 rings (SSSR count). The number of nitrogens with zero attached hydrogens (tertiary/aromatic N) is 2. The fraction of sp³-hybridized carbons (Fsp3) is 0.333. The molecule has 0 amide bonds. The number of aromatic nitrogens is 2. The standard InChI is InChI=1S/C6H9N2O2P/c1-8-4-3-6(5-7-8)11(2,9)10/h3-5H,1-2H3. The van der Waals surface area contributed by atoms with Crippen LogP contribution in [0.5, 0.6) is 0 Å². The fourth-order valence-corrected chi connectivity index (χ4v) is 1.26. The SMILES string of the molecule is C[n+]1ccc(P(C)(=O)[O-])cn1. The summed E-state index contributed by atoms with van der Waals surface area (Å²) in [5, 5.41) is 4.06. The fourth-order valence-electron chi connectivity index (χ4n) is 0.656. The zero-order valence-corrected chi connectivity index (χ0v) is 7.28. The van der Waals surface area contributed by atoms with Crippen LogP contribution in [0.3, 0.4) is 0 Å². The van der Waals surface area contributed by atoms with Crippen LogP contribution in [0.25, 0.3) is 0 Å². The summed E-state index contributed by atoms with van der Waals surface area (Å²) in [5.74, 6) is 0. The summed E-state index contributed by atoms with van der Waals surface area (Å²) in [6.45, 7) is 1.18. The van der Waals surface area contributed by atoms with Gasteiger partial charge in [0, 0.05) is 18.7 Å². The summed E-state index contributed by atoms with van der Waals surface area (Å²) in [5.41, 5.74) is 0. The molecular formula is C6H9N2O2P. The van der Waals surface area contributed by atoms with Crippen LogP contribution in [0.15, 0.2) is 18.5 Å². The van der Waals surface area contributed by atoms with Gasteiger partial charge in [-0.2, -0.15) is 0 Å². The van der Waals surface area contributed by atoms with E-state index in [1.807, 2.05) is 0 Å². The van der Waals surface area contributed by atoms with Crippen LogP contribution in [0, 0.1) is 0 Å². The summed E-state index contributed by atoms with van der Waals surface area (Å²) in [7, 11) is -1.63. The van der Waals surface area contributed by atoms with Gasteiger partial charge >= 0.3 is 0 Å². The van der Waals surface area contributed by atoms with E-state index in [1.165, 1.54) is 18.9 Å². The number of aryl methyl sites for hydroxylation is 1. The Hall–Kier alpha value is -0.730. The van der Waals surface area contributed by atoms with Gasteiger partial charge in [0.15, 0.2) is 13.2 Å². The van der Waals surface area contributed by atoms with Crippen LogP contribution in [0.1, 0.15) is 0 Å². The van der Waals surface area contributed by atoms with Gasteiger partial charge in [-0.15, -0.1) is 0 Å². The van der Waals surface area contributed by atoms with E-state index < -0.39 is 7.37 Å². The van der Waals surface area contributed by atoms with Crippen molar-refractivity contribution in [2.45, 2.75) is 0 Å². The second-order valence-electron chi connectivity index (χ2n) is 2.40. The molecule has 4 nitrogen and oxygen atoms in total. The maximum absolute atomic E-state index is 10.9. The molecule has 0 aliphatic carbocycles. The van der Waals surface area contributed by atoms with Crippen LogP contribution in [-0.4, -0.2) is 11.8 Å². The van der Waals surface area contributed by atoms with Crippen molar-refractivity contribution in [3.05, 3.63) is 18.5 Å². The van der Waals surface area contributed by atoms with Crippen molar-refractivity contribution in [3.8, 4) is 0 Å². The highest BCUT2D eigenvalue weighted by Crippen LogP contribution is 2.26. The number of hydrogen-bond donors (Lipinski definition) is 0. The number of rotatable bonds is 1.